The highest BCUT2D eigenvalue weighted by atomic mass is 32.1. The van der Waals surface area contributed by atoms with Crippen LogP contribution in [0, 0.1) is 24.2 Å². The maximum atomic E-state index is 5.95. The Kier molecular flexibility index (Phi) is 7.27. The van der Waals surface area contributed by atoms with Crippen LogP contribution in [0.2, 0.25) is 0 Å². The molecule has 2 aromatic rings. The number of aryl methyl sites for hydroxylation is 1. The average Bonchev–Trinajstić information content (AvgIpc) is 2.63. The van der Waals surface area contributed by atoms with Crippen LogP contribution in [0.25, 0.3) is 0 Å². The van der Waals surface area contributed by atoms with Crippen LogP contribution >= 0.6 is 12.2 Å². The third-order valence-electron chi connectivity index (χ3n) is 3.87. The van der Waals surface area contributed by atoms with E-state index in [4.69, 9.17) is 21.7 Å². The number of hydrogen-bond donors (Lipinski definition) is 0. The van der Waals surface area contributed by atoms with Crippen LogP contribution in [0.4, 0.5) is 5.69 Å². The first-order valence-corrected chi connectivity index (χ1v) is 9.35. The van der Waals surface area contributed by atoms with Gasteiger partial charge in [0.15, 0.2) is 6.61 Å². The van der Waals surface area contributed by atoms with Crippen molar-refractivity contribution in [2.24, 2.45) is 5.41 Å². The molecule has 0 amide bonds. The molecule has 3 nitrogen and oxygen atoms in total. The monoisotopic (exact) mass is 381 g/mol. The van der Waals surface area contributed by atoms with E-state index >= 15 is 0 Å². The van der Waals surface area contributed by atoms with Crippen LogP contribution in [0.15, 0.2) is 48.5 Å². The Morgan fingerprint density at radius 1 is 1.11 bits per heavy atom. The van der Waals surface area contributed by atoms with E-state index in [0.29, 0.717) is 11.8 Å². The maximum absolute atomic E-state index is 5.95. The number of rotatable bonds is 5. The lowest BCUT2D eigenvalue weighted by Gasteiger charge is -2.20. The summed E-state index contributed by atoms with van der Waals surface area (Å²) in [5, 5.41) is 0.384. The fourth-order valence-corrected chi connectivity index (χ4v) is 2.48. The summed E-state index contributed by atoms with van der Waals surface area (Å²) >= 11 is 5.36. The zero-order valence-electron chi connectivity index (χ0n) is 16.7. The minimum Gasteiger partial charge on any atom is -0.489 e. The van der Waals surface area contributed by atoms with E-state index < -0.39 is 0 Å². The second kappa shape index (κ2) is 9.43. The molecule has 0 saturated heterocycles. The summed E-state index contributed by atoms with van der Waals surface area (Å²) in [4.78, 5) is 1.81. The van der Waals surface area contributed by atoms with Gasteiger partial charge in [-0.3, -0.25) is 0 Å². The van der Waals surface area contributed by atoms with Crippen LogP contribution < -0.4 is 9.64 Å². The topological polar surface area (TPSA) is 21.7 Å². The van der Waals surface area contributed by atoms with Crippen molar-refractivity contribution in [1.29, 1.82) is 0 Å². The van der Waals surface area contributed by atoms with Gasteiger partial charge in [-0.25, -0.2) is 0 Å². The highest BCUT2D eigenvalue weighted by Gasteiger charge is 2.09. The van der Waals surface area contributed by atoms with Gasteiger partial charge >= 0.3 is 0 Å². The van der Waals surface area contributed by atoms with Crippen molar-refractivity contribution in [3.8, 4) is 17.6 Å². The Morgan fingerprint density at radius 2 is 1.85 bits per heavy atom. The van der Waals surface area contributed by atoms with Gasteiger partial charge in [-0.05, 0) is 63.2 Å². The van der Waals surface area contributed by atoms with Crippen LogP contribution in [-0.4, -0.2) is 18.8 Å². The van der Waals surface area contributed by atoms with Crippen molar-refractivity contribution >= 4 is 23.1 Å². The predicted octanol–water partition coefficient (Wildman–Crippen LogP) is 5.36. The first-order valence-electron chi connectivity index (χ1n) is 8.94. The van der Waals surface area contributed by atoms with Crippen molar-refractivity contribution in [3.05, 3.63) is 59.7 Å². The zero-order valence-corrected chi connectivity index (χ0v) is 17.5. The molecule has 0 N–H and O–H groups in total. The number of ether oxygens (including phenoxy) is 2. The lowest BCUT2D eigenvalue weighted by molar-refractivity contribution is 0.305. The van der Waals surface area contributed by atoms with E-state index in [9.17, 15) is 0 Å². The maximum Gasteiger partial charge on any atom is 0.264 e. The highest BCUT2D eigenvalue weighted by Crippen LogP contribution is 2.22. The Labute approximate surface area is 168 Å². The molecule has 2 rings (SSSR count). The number of hydrogen-bond acceptors (Lipinski definition) is 3. The molecule has 0 bridgehead atoms. The van der Waals surface area contributed by atoms with E-state index in [1.165, 1.54) is 11.1 Å². The average molecular weight is 382 g/mol. The first-order chi connectivity index (χ1) is 12.8. The van der Waals surface area contributed by atoms with E-state index in [1.807, 2.05) is 48.3 Å². The van der Waals surface area contributed by atoms with Gasteiger partial charge in [-0.2, -0.15) is 0 Å². The number of anilines is 1. The lowest BCUT2D eigenvalue weighted by atomic mass is 9.98. The van der Waals surface area contributed by atoms with E-state index in [-0.39, 0.29) is 12.0 Å². The fraction of sp³-hybridized carbons (Fsp3) is 0.348. The summed E-state index contributed by atoms with van der Waals surface area (Å²) in [6.07, 6.45) is 0. The highest BCUT2D eigenvalue weighted by molar-refractivity contribution is 7.80. The predicted molar refractivity (Wildman–Crippen MR) is 116 cm³/mol. The van der Waals surface area contributed by atoms with Crippen molar-refractivity contribution < 1.29 is 9.47 Å². The molecule has 4 heteroatoms. The summed E-state index contributed by atoms with van der Waals surface area (Å²) in [6.45, 7) is 9.08. The second-order valence-electron chi connectivity index (χ2n) is 7.38. The largest absolute Gasteiger partial charge is 0.489 e. The minimum atomic E-state index is -0.0420. The van der Waals surface area contributed by atoms with E-state index in [0.717, 1.165) is 11.4 Å². The number of thiocarbonyl (C=S) groups is 1. The molecule has 0 atom stereocenters. The third kappa shape index (κ3) is 6.96. The Balaban J connectivity index is 1.95. The molecule has 0 aliphatic carbocycles. The van der Waals surface area contributed by atoms with Gasteiger partial charge in [0.1, 0.15) is 12.4 Å². The summed E-state index contributed by atoms with van der Waals surface area (Å²) < 4.78 is 11.5. The molecule has 0 unspecified atom stereocenters. The van der Waals surface area contributed by atoms with Gasteiger partial charge in [0, 0.05) is 24.2 Å². The lowest BCUT2D eigenvalue weighted by Crippen LogP contribution is -2.26. The second-order valence-corrected chi connectivity index (χ2v) is 7.73. The Bertz CT molecular complexity index is 843. The normalized spacial score (nSPS) is 10.6. The van der Waals surface area contributed by atoms with Crippen LogP contribution in [0.5, 0.6) is 5.75 Å². The Hall–Kier alpha value is -2.51. The molecule has 27 heavy (non-hydrogen) atoms. The third-order valence-corrected chi connectivity index (χ3v) is 4.26. The zero-order chi connectivity index (χ0) is 19.9. The fourth-order valence-electron chi connectivity index (χ4n) is 2.32. The van der Waals surface area contributed by atoms with Crippen molar-refractivity contribution in [1.82, 2.24) is 0 Å². The Morgan fingerprint density at radius 3 is 2.56 bits per heavy atom. The van der Waals surface area contributed by atoms with E-state index in [1.54, 1.807) is 0 Å². The van der Waals surface area contributed by atoms with Crippen molar-refractivity contribution in [2.75, 3.05) is 18.6 Å². The van der Waals surface area contributed by atoms with Crippen LogP contribution in [0.3, 0.4) is 0 Å². The summed E-state index contributed by atoms with van der Waals surface area (Å²) in [6, 6.07) is 16.0. The summed E-state index contributed by atoms with van der Waals surface area (Å²) in [5.41, 5.74) is 3.26. The van der Waals surface area contributed by atoms with Crippen LogP contribution in [-0.2, 0) is 11.3 Å². The van der Waals surface area contributed by atoms with Gasteiger partial charge < -0.3 is 14.4 Å². The number of nitrogens with zero attached hydrogens (tertiary/aromatic N) is 1. The molecular weight excluding hydrogens is 354 g/mol. The van der Waals surface area contributed by atoms with Gasteiger partial charge in [0.25, 0.3) is 5.17 Å². The molecule has 0 aliphatic rings. The molecule has 0 aliphatic heterocycles. The molecule has 0 saturated carbocycles. The molecule has 0 aromatic heterocycles. The molecule has 0 radical (unpaired) electrons. The first kappa shape index (κ1) is 20.8. The van der Waals surface area contributed by atoms with E-state index in [2.05, 4.69) is 51.7 Å². The van der Waals surface area contributed by atoms with Crippen LogP contribution in [0.1, 0.15) is 31.9 Å². The molecule has 142 valence electrons. The van der Waals surface area contributed by atoms with Gasteiger partial charge in [-0.1, -0.05) is 42.2 Å². The summed E-state index contributed by atoms with van der Waals surface area (Å²) in [5.74, 6) is 6.93. The van der Waals surface area contributed by atoms with Crippen molar-refractivity contribution in [2.45, 2.75) is 34.3 Å². The molecule has 2 aromatic carbocycles. The van der Waals surface area contributed by atoms with Crippen molar-refractivity contribution in [3.63, 3.8) is 0 Å². The molecule has 0 spiro atoms. The molecular formula is C23H27NO2S. The smallest absolute Gasteiger partial charge is 0.264 e. The van der Waals surface area contributed by atoms with Gasteiger partial charge in [0.2, 0.25) is 0 Å². The standard InChI is InChI=1S/C23H27NO2S/c1-18-10-6-7-11-19(18)17-26-21-13-8-12-20(16-21)24(5)22(27)25-15-9-14-23(2,3)4/h6-8,10-13,16H,15,17H2,1-5H3. The number of benzene rings is 2. The quantitative estimate of drug-likeness (QED) is 0.513. The van der Waals surface area contributed by atoms with Gasteiger partial charge in [0.05, 0.1) is 0 Å². The van der Waals surface area contributed by atoms with Gasteiger partial charge in [-0.15, -0.1) is 0 Å². The minimum absolute atomic E-state index is 0.0420. The molecule has 0 heterocycles. The molecule has 0 fully saturated rings. The summed E-state index contributed by atoms with van der Waals surface area (Å²) in [7, 11) is 1.87. The SMILES string of the molecule is Cc1ccccc1COc1cccc(N(C)C(=S)OCC#CC(C)(C)C)c1.